The lowest BCUT2D eigenvalue weighted by atomic mass is 10.1. The maximum Gasteiger partial charge on any atom is 0.0247 e. The van der Waals surface area contributed by atoms with Crippen molar-refractivity contribution >= 4 is 0 Å². The Balaban J connectivity index is 1.79. The highest BCUT2D eigenvalue weighted by atomic mass is 13.9. The molecule has 0 heterocycles. The molecule has 0 aliphatic rings. The number of hydrogen-bond acceptors (Lipinski definition) is 0. The van der Waals surface area contributed by atoms with Crippen molar-refractivity contribution < 1.29 is 0 Å². The van der Waals surface area contributed by atoms with Gasteiger partial charge in [-0.25, -0.2) is 0 Å². The molecule has 0 amide bonds. The molecule has 90 valence electrons. The number of rotatable bonds is 3. The van der Waals surface area contributed by atoms with E-state index in [4.69, 9.17) is 0 Å². The van der Waals surface area contributed by atoms with Crippen LogP contribution in [-0.2, 0) is 6.42 Å². The first-order valence-corrected chi connectivity index (χ1v) is 6.44. The standard InChI is InChI=1S/C18H18/c1-16-9-8-14-18(15-16)13-7-3-6-12-17-10-4-2-5-11-17/h2,4-5,8-11,14-15H,3,6,12H2,1H3. The quantitative estimate of drug-likeness (QED) is 0.546. The number of aryl methyl sites for hydroxylation is 2. The Bertz CT molecular complexity index is 541. The van der Waals surface area contributed by atoms with Gasteiger partial charge < -0.3 is 0 Å². The van der Waals surface area contributed by atoms with Gasteiger partial charge in [0.25, 0.3) is 0 Å². The molecule has 0 aromatic heterocycles. The van der Waals surface area contributed by atoms with Crippen molar-refractivity contribution in [3.63, 3.8) is 0 Å². The van der Waals surface area contributed by atoms with E-state index in [2.05, 4.69) is 73.4 Å². The number of hydrogen-bond donors (Lipinski definition) is 0. The average molecular weight is 234 g/mol. The van der Waals surface area contributed by atoms with E-state index in [-0.39, 0.29) is 0 Å². The Morgan fingerprint density at radius 2 is 1.78 bits per heavy atom. The summed E-state index contributed by atoms with van der Waals surface area (Å²) in [5.74, 6) is 6.47. The predicted molar refractivity (Wildman–Crippen MR) is 77.4 cm³/mol. The average Bonchev–Trinajstić information content (AvgIpc) is 2.40. The van der Waals surface area contributed by atoms with Gasteiger partial charge in [-0.05, 0) is 43.0 Å². The summed E-state index contributed by atoms with van der Waals surface area (Å²) in [7, 11) is 0. The molecule has 0 radical (unpaired) electrons. The van der Waals surface area contributed by atoms with Crippen LogP contribution in [0.5, 0.6) is 0 Å². The van der Waals surface area contributed by atoms with E-state index in [0.717, 1.165) is 24.8 Å². The lowest BCUT2D eigenvalue weighted by Crippen LogP contribution is -1.83. The summed E-state index contributed by atoms with van der Waals surface area (Å²) in [5, 5.41) is 0. The Hall–Kier alpha value is -2.00. The molecule has 0 saturated heterocycles. The van der Waals surface area contributed by atoms with Crippen LogP contribution >= 0.6 is 0 Å². The monoisotopic (exact) mass is 234 g/mol. The summed E-state index contributed by atoms with van der Waals surface area (Å²) in [6, 6.07) is 18.9. The SMILES string of the molecule is Cc1cccc(C#CCCCc2ccccc2)c1. The minimum absolute atomic E-state index is 0.961. The van der Waals surface area contributed by atoms with Crippen LogP contribution in [0.1, 0.15) is 29.5 Å². The van der Waals surface area contributed by atoms with Crippen LogP contribution in [-0.4, -0.2) is 0 Å². The molecule has 18 heavy (non-hydrogen) atoms. The normalized spacial score (nSPS) is 9.61. The molecule has 0 heteroatoms. The Morgan fingerprint density at radius 3 is 2.56 bits per heavy atom. The summed E-state index contributed by atoms with van der Waals surface area (Å²) >= 11 is 0. The van der Waals surface area contributed by atoms with Gasteiger partial charge in [-0.3, -0.25) is 0 Å². The first-order valence-electron chi connectivity index (χ1n) is 6.44. The molecule has 0 unspecified atom stereocenters. The van der Waals surface area contributed by atoms with Crippen molar-refractivity contribution in [3.8, 4) is 11.8 Å². The molecule has 0 fully saturated rings. The Kier molecular flexibility index (Phi) is 4.61. The molecule has 0 atom stereocenters. The van der Waals surface area contributed by atoms with Crippen molar-refractivity contribution in [3.05, 3.63) is 71.3 Å². The van der Waals surface area contributed by atoms with Crippen LogP contribution in [0.3, 0.4) is 0 Å². The summed E-state index contributed by atoms with van der Waals surface area (Å²) in [6.45, 7) is 2.10. The van der Waals surface area contributed by atoms with Gasteiger partial charge in [-0.2, -0.15) is 0 Å². The van der Waals surface area contributed by atoms with E-state index in [1.54, 1.807) is 0 Å². The summed E-state index contributed by atoms with van der Waals surface area (Å²) in [5.41, 5.74) is 3.79. The zero-order valence-electron chi connectivity index (χ0n) is 10.8. The first kappa shape index (κ1) is 12.5. The fourth-order valence-corrected chi connectivity index (χ4v) is 1.91. The first-order chi connectivity index (χ1) is 8.84. The number of unbranched alkanes of at least 4 members (excludes halogenated alkanes) is 1. The lowest BCUT2D eigenvalue weighted by Gasteiger charge is -1.97. The Labute approximate surface area is 110 Å². The van der Waals surface area contributed by atoms with Gasteiger partial charge in [-0.15, -0.1) is 0 Å². The molecule has 2 aromatic carbocycles. The third kappa shape index (κ3) is 4.11. The molecule has 2 aromatic rings. The van der Waals surface area contributed by atoms with E-state index >= 15 is 0 Å². The van der Waals surface area contributed by atoms with Gasteiger partial charge in [0.1, 0.15) is 0 Å². The molecular formula is C18H18. The maximum atomic E-state index is 3.25. The third-order valence-electron chi connectivity index (χ3n) is 2.86. The Morgan fingerprint density at radius 1 is 0.944 bits per heavy atom. The minimum Gasteiger partial charge on any atom is -0.0979 e. The second kappa shape index (κ2) is 6.67. The predicted octanol–water partition coefficient (Wildman–Crippen LogP) is 4.37. The van der Waals surface area contributed by atoms with E-state index in [9.17, 15) is 0 Å². The summed E-state index contributed by atoms with van der Waals surface area (Å²) in [4.78, 5) is 0. The van der Waals surface area contributed by atoms with Crippen LogP contribution < -0.4 is 0 Å². The van der Waals surface area contributed by atoms with Gasteiger partial charge >= 0.3 is 0 Å². The van der Waals surface area contributed by atoms with Crippen molar-refractivity contribution in [2.24, 2.45) is 0 Å². The fraction of sp³-hybridized carbons (Fsp3) is 0.222. The molecule has 2 rings (SSSR count). The molecular weight excluding hydrogens is 216 g/mol. The van der Waals surface area contributed by atoms with E-state index in [1.807, 2.05) is 0 Å². The molecule has 0 aliphatic heterocycles. The highest BCUT2D eigenvalue weighted by Crippen LogP contribution is 2.05. The van der Waals surface area contributed by atoms with Gasteiger partial charge in [0.2, 0.25) is 0 Å². The molecule has 0 bridgehead atoms. The maximum absolute atomic E-state index is 3.25. The van der Waals surface area contributed by atoms with E-state index in [1.165, 1.54) is 11.1 Å². The van der Waals surface area contributed by atoms with E-state index in [0.29, 0.717) is 0 Å². The van der Waals surface area contributed by atoms with Gasteiger partial charge in [0.15, 0.2) is 0 Å². The molecule has 0 N–H and O–H groups in total. The molecule has 0 saturated carbocycles. The zero-order valence-corrected chi connectivity index (χ0v) is 10.8. The van der Waals surface area contributed by atoms with Crippen molar-refractivity contribution in [1.29, 1.82) is 0 Å². The second-order valence-electron chi connectivity index (χ2n) is 4.51. The van der Waals surface area contributed by atoms with Crippen LogP contribution in [0, 0.1) is 18.8 Å². The van der Waals surface area contributed by atoms with Gasteiger partial charge in [-0.1, -0.05) is 54.3 Å². The fourth-order valence-electron chi connectivity index (χ4n) is 1.91. The molecule has 0 aliphatic carbocycles. The van der Waals surface area contributed by atoms with Crippen LogP contribution in [0.4, 0.5) is 0 Å². The summed E-state index contributed by atoms with van der Waals surface area (Å²) < 4.78 is 0. The second-order valence-corrected chi connectivity index (χ2v) is 4.51. The lowest BCUT2D eigenvalue weighted by molar-refractivity contribution is 0.858. The molecule has 0 spiro atoms. The van der Waals surface area contributed by atoms with Gasteiger partial charge in [0, 0.05) is 12.0 Å². The zero-order chi connectivity index (χ0) is 12.6. The summed E-state index contributed by atoms with van der Waals surface area (Å²) in [6.07, 6.45) is 3.20. The van der Waals surface area contributed by atoms with Crippen LogP contribution in [0.2, 0.25) is 0 Å². The highest BCUT2D eigenvalue weighted by Gasteiger charge is 1.90. The smallest absolute Gasteiger partial charge is 0.0247 e. The van der Waals surface area contributed by atoms with Crippen molar-refractivity contribution in [2.45, 2.75) is 26.2 Å². The van der Waals surface area contributed by atoms with Crippen LogP contribution in [0.25, 0.3) is 0 Å². The molecule has 0 nitrogen and oxygen atoms in total. The third-order valence-corrected chi connectivity index (χ3v) is 2.86. The van der Waals surface area contributed by atoms with Crippen LogP contribution in [0.15, 0.2) is 54.6 Å². The van der Waals surface area contributed by atoms with Gasteiger partial charge in [0.05, 0.1) is 0 Å². The highest BCUT2D eigenvalue weighted by molar-refractivity contribution is 5.36. The topological polar surface area (TPSA) is 0 Å². The largest absolute Gasteiger partial charge is 0.0979 e. The minimum atomic E-state index is 0.961. The number of benzene rings is 2. The van der Waals surface area contributed by atoms with Crippen molar-refractivity contribution in [2.75, 3.05) is 0 Å². The van der Waals surface area contributed by atoms with Crippen molar-refractivity contribution in [1.82, 2.24) is 0 Å². The van der Waals surface area contributed by atoms with E-state index < -0.39 is 0 Å².